The molecule has 0 aromatic carbocycles. The third-order valence-electron chi connectivity index (χ3n) is 2.16. The van der Waals surface area contributed by atoms with Crippen LogP contribution in [-0.2, 0) is 11.8 Å². The lowest BCUT2D eigenvalue weighted by Gasteiger charge is -2.17. The molecular weight excluding hydrogens is 241 g/mol. The number of aryl methyl sites for hydroxylation is 1. The van der Waals surface area contributed by atoms with E-state index in [0.717, 1.165) is 15.7 Å². The molecular formula is C11H16FN3O3. The van der Waals surface area contributed by atoms with Crippen molar-refractivity contribution in [3.05, 3.63) is 22.5 Å². The molecule has 100 valence electrons. The highest BCUT2D eigenvalue weighted by molar-refractivity contribution is 5.85. The van der Waals surface area contributed by atoms with Gasteiger partial charge in [0.25, 0.3) is 0 Å². The lowest BCUT2D eigenvalue weighted by Crippen LogP contribution is -2.33. The molecule has 0 N–H and O–H groups in total. The fraction of sp³-hybridized carbons (Fsp3) is 0.545. The molecule has 0 aliphatic carbocycles. The Morgan fingerprint density at radius 3 is 2.78 bits per heavy atom. The smallest absolute Gasteiger partial charge is 0.415 e. The molecule has 7 heteroatoms. The Balaban J connectivity index is 2.90. The van der Waals surface area contributed by atoms with Crippen LogP contribution in [0.1, 0.15) is 13.8 Å². The molecule has 18 heavy (non-hydrogen) atoms. The summed E-state index contributed by atoms with van der Waals surface area (Å²) in [7, 11) is 2.67. The van der Waals surface area contributed by atoms with Gasteiger partial charge in [-0.05, 0) is 5.92 Å². The molecule has 1 heterocycles. The first-order valence-corrected chi connectivity index (χ1v) is 5.46. The number of amides is 1. The molecule has 0 unspecified atom stereocenters. The number of ether oxygens (including phenoxy) is 1. The predicted octanol–water partition coefficient (Wildman–Crippen LogP) is 1.15. The Labute approximate surface area is 104 Å². The molecule has 0 aliphatic rings. The van der Waals surface area contributed by atoms with Gasteiger partial charge in [0, 0.05) is 20.3 Å². The number of anilines is 1. The second-order valence-corrected chi connectivity index (χ2v) is 4.34. The van der Waals surface area contributed by atoms with Crippen LogP contribution < -0.4 is 10.6 Å². The van der Waals surface area contributed by atoms with Gasteiger partial charge < -0.3 is 4.74 Å². The van der Waals surface area contributed by atoms with Crippen LogP contribution in [0.3, 0.4) is 0 Å². The lowest BCUT2D eigenvalue weighted by molar-refractivity contribution is 0.141. The summed E-state index contributed by atoms with van der Waals surface area (Å²) in [5.74, 6) is -0.934. The summed E-state index contributed by atoms with van der Waals surface area (Å²) in [5, 5.41) is 0. The number of halogens is 1. The summed E-state index contributed by atoms with van der Waals surface area (Å²) in [4.78, 5) is 27.2. The second kappa shape index (κ2) is 5.61. The molecule has 0 bridgehead atoms. The van der Waals surface area contributed by atoms with E-state index in [9.17, 15) is 14.0 Å². The van der Waals surface area contributed by atoms with E-state index in [1.807, 2.05) is 13.8 Å². The van der Waals surface area contributed by atoms with Gasteiger partial charge in [-0.25, -0.2) is 14.0 Å². The molecule has 0 saturated heterocycles. The first-order chi connectivity index (χ1) is 8.32. The Morgan fingerprint density at radius 1 is 1.61 bits per heavy atom. The van der Waals surface area contributed by atoms with Crippen molar-refractivity contribution >= 4 is 11.9 Å². The van der Waals surface area contributed by atoms with E-state index in [0.29, 0.717) is 0 Å². The first-order valence-electron chi connectivity index (χ1n) is 5.46. The van der Waals surface area contributed by atoms with Crippen LogP contribution in [0.4, 0.5) is 15.0 Å². The summed E-state index contributed by atoms with van der Waals surface area (Å²) in [6.45, 7) is 3.98. The van der Waals surface area contributed by atoms with Gasteiger partial charge in [0.05, 0.1) is 6.61 Å². The molecule has 0 aliphatic heterocycles. The molecule has 1 rings (SSSR count). The molecule has 1 aromatic rings. The van der Waals surface area contributed by atoms with E-state index in [-0.39, 0.29) is 18.3 Å². The first kappa shape index (κ1) is 14.1. The van der Waals surface area contributed by atoms with Crippen LogP contribution >= 0.6 is 0 Å². The number of carbonyl (C=O) groups excluding carboxylic acids is 1. The molecule has 0 fully saturated rings. The maximum Gasteiger partial charge on any atom is 0.415 e. The standard InChI is InChI=1S/C11H16FN3O3/c1-7(2)6-18-11(17)15(4)9-8(12)5-14(3)10(16)13-9/h5,7H,6H2,1-4H3. The zero-order valence-electron chi connectivity index (χ0n) is 10.8. The van der Waals surface area contributed by atoms with E-state index < -0.39 is 17.6 Å². The zero-order chi connectivity index (χ0) is 13.9. The molecule has 6 nitrogen and oxygen atoms in total. The van der Waals surface area contributed by atoms with Crippen molar-refractivity contribution in [2.45, 2.75) is 13.8 Å². The summed E-state index contributed by atoms with van der Waals surface area (Å²) in [5.41, 5.74) is -0.644. The van der Waals surface area contributed by atoms with Crippen LogP contribution in [0.25, 0.3) is 0 Å². The van der Waals surface area contributed by atoms with Crippen LogP contribution in [0.5, 0.6) is 0 Å². The number of hydrogen-bond acceptors (Lipinski definition) is 4. The van der Waals surface area contributed by atoms with Crippen molar-refractivity contribution in [1.82, 2.24) is 9.55 Å². The quantitative estimate of drug-likeness (QED) is 0.814. The predicted molar refractivity (Wildman–Crippen MR) is 64.0 cm³/mol. The average molecular weight is 257 g/mol. The highest BCUT2D eigenvalue weighted by Crippen LogP contribution is 2.12. The van der Waals surface area contributed by atoms with Gasteiger partial charge in [0.2, 0.25) is 0 Å². The minimum Gasteiger partial charge on any atom is -0.449 e. The monoisotopic (exact) mass is 257 g/mol. The van der Waals surface area contributed by atoms with Gasteiger partial charge in [0.1, 0.15) is 0 Å². The van der Waals surface area contributed by atoms with E-state index in [2.05, 4.69) is 4.98 Å². The molecule has 0 atom stereocenters. The largest absolute Gasteiger partial charge is 0.449 e. The summed E-state index contributed by atoms with van der Waals surface area (Å²) in [6, 6.07) is 0. The summed E-state index contributed by atoms with van der Waals surface area (Å²) < 4.78 is 19.5. The Hall–Kier alpha value is -1.92. The Kier molecular flexibility index (Phi) is 4.41. The van der Waals surface area contributed by atoms with Gasteiger partial charge >= 0.3 is 11.8 Å². The van der Waals surface area contributed by atoms with Crippen LogP contribution in [0.2, 0.25) is 0 Å². The lowest BCUT2D eigenvalue weighted by atomic mass is 10.2. The van der Waals surface area contributed by atoms with Gasteiger partial charge in [-0.15, -0.1) is 0 Å². The van der Waals surface area contributed by atoms with Crippen molar-refractivity contribution in [2.75, 3.05) is 18.6 Å². The van der Waals surface area contributed by atoms with Crippen LogP contribution in [0.15, 0.2) is 11.0 Å². The summed E-state index contributed by atoms with van der Waals surface area (Å²) >= 11 is 0. The number of nitrogens with zero attached hydrogens (tertiary/aromatic N) is 3. The van der Waals surface area contributed by atoms with Crippen LogP contribution in [-0.4, -0.2) is 29.3 Å². The van der Waals surface area contributed by atoms with Crippen molar-refractivity contribution < 1.29 is 13.9 Å². The number of rotatable bonds is 3. The average Bonchev–Trinajstić information content (AvgIpc) is 2.29. The maximum absolute atomic E-state index is 13.6. The molecule has 1 aromatic heterocycles. The number of hydrogen-bond donors (Lipinski definition) is 0. The Morgan fingerprint density at radius 2 is 2.22 bits per heavy atom. The fourth-order valence-electron chi connectivity index (χ4n) is 1.16. The Bertz CT molecular complexity index is 499. The van der Waals surface area contributed by atoms with Crippen molar-refractivity contribution in [1.29, 1.82) is 0 Å². The normalized spacial score (nSPS) is 10.6. The summed E-state index contributed by atoms with van der Waals surface area (Å²) in [6.07, 6.45) is 0.222. The van der Waals surface area contributed by atoms with Gasteiger partial charge in [0.15, 0.2) is 11.6 Å². The number of aromatic nitrogens is 2. The van der Waals surface area contributed by atoms with E-state index in [1.54, 1.807) is 0 Å². The van der Waals surface area contributed by atoms with Gasteiger partial charge in [-0.1, -0.05) is 13.8 Å². The molecule has 0 saturated carbocycles. The highest BCUT2D eigenvalue weighted by Gasteiger charge is 2.19. The number of carbonyl (C=O) groups is 1. The van der Waals surface area contributed by atoms with Crippen molar-refractivity contribution in [3.8, 4) is 0 Å². The third-order valence-corrected chi connectivity index (χ3v) is 2.16. The maximum atomic E-state index is 13.6. The molecule has 0 spiro atoms. The van der Waals surface area contributed by atoms with E-state index in [1.165, 1.54) is 14.1 Å². The van der Waals surface area contributed by atoms with E-state index >= 15 is 0 Å². The third kappa shape index (κ3) is 3.28. The topological polar surface area (TPSA) is 64.4 Å². The van der Waals surface area contributed by atoms with Crippen molar-refractivity contribution in [2.24, 2.45) is 13.0 Å². The SMILES string of the molecule is CC(C)COC(=O)N(C)c1nc(=O)n(C)cc1F. The minimum atomic E-state index is -0.763. The molecule has 0 radical (unpaired) electrons. The second-order valence-electron chi connectivity index (χ2n) is 4.34. The van der Waals surface area contributed by atoms with Gasteiger partial charge in [-0.3, -0.25) is 9.47 Å². The van der Waals surface area contributed by atoms with Crippen LogP contribution in [0, 0.1) is 11.7 Å². The molecule has 1 amide bonds. The zero-order valence-corrected chi connectivity index (χ0v) is 10.8. The fourth-order valence-corrected chi connectivity index (χ4v) is 1.16. The minimum absolute atomic E-state index is 0.170. The van der Waals surface area contributed by atoms with E-state index in [4.69, 9.17) is 4.74 Å². The highest BCUT2D eigenvalue weighted by atomic mass is 19.1. The van der Waals surface area contributed by atoms with Crippen molar-refractivity contribution in [3.63, 3.8) is 0 Å². The van der Waals surface area contributed by atoms with Gasteiger partial charge in [-0.2, -0.15) is 4.98 Å².